The second-order valence-electron chi connectivity index (χ2n) is 8.73. The Labute approximate surface area is 221 Å². The molecule has 0 spiro atoms. The Morgan fingerprint density at radius 1 is 0.462 bits per heavy atom. The number of hydrogen-bond acceptors (Lipinski definition) is 3. The number of halogens is 7. The molecule has 4 rings (SSSR count). The Morgan fingerprint density at radius 2 is 0.744 bits per heavy atom. The fourth-order valence-electron chi connectivity index (χ4n) is 5.19. The van der Waals surface area contributed by atoms with E-state index >= 15 is 17.6 Å². The topological polar surface area (TPSA) is 27.7 Å². The smallest absolute Gasteiger partial charge is 0.373 e. The summed E-state index contributed by atoms with van der Waals surface area (Å²) >= 11 is 0. The van der Waals surface area contributed by atoms with Gasteiger partial charge in [0.15, 0.2) is 11.6 Å². The van der Waals surface area contributed by atoms with E-state index in [0.29, 0.717) is 0 Å². The first-order valence-electron chi connectivity index (χ1n) is 11.5. The zero-order valence-electron chi connectivity index (χ0n) is 20.9. The molecule has 0 N–H and O–H groups in total. The van der Waals surface area contributed by atoms with Gasteiger partial charge in [0.25, 0.3) is 0 Å². The van der Waals surface area contributed by atoms with Crippen molar-refractivity contribution in [1.82, 2.24) is 0 Å². The van der Waals surface area contributed by atoms with Gasteiger partial charge in [0.05, 0.1) is 5.19 Å². The van der Waals surface area contributed by atoms with Gasteiger partial charge in [0, 0.05) is 21.3 Å². The van der Waals surface area contributed by atoms with Gasteiger partial charge in [-0.1, -0.05) is 36.4 Å². The highest BCUT2D eigenvalue weighted by atomic mass is 28.4. The van der Waals surface area contributed by atoms with Gasteiger partial charge < -0.3 is 13.3 Å². The fraction of sp³-hybridized carbons (Fsp3) is 0.111. The van der Waals surface area contributed by atoms with Crippen molar-refractivity contribution in [2.24, 2.45) is 0 Å². The maximum atomic E-state index is 16.3. The van der Waals surface area contributed by atoms with Crippen LogP contribution < -0.4 is 27.0 Å². The third-order valence-electron chi connectivity index (χ3n) is 6.95. The van der Waals surface area contributed by atoms with Gasteiger partial charge in [-0.15, -0.1) is 5.46 Å². The van der Waals surface area contributed by atoms with Crippen molar-refractivity contribution in [3.05, 3.63) is 114 Å². The molecule has 0 aliphatic rings. The highest BCUT2D eigenvalue weighted by Gasteiger charge is 2.50. The van der Waals surface area contributed by atoms with Crippen molar-refractivity contribution >= 4 is 42.0 Å². The van der Waals surface area contributed by atoms with Crippen LogP contribution in [0.1, 0.15) is 0 Å². The van der Waals surface area contributed by atoms with E-state index in [1.165, 1.54) is 36.4 Å². The van der Waals surface area contributed by atoms with Crippen molar-refractivity contribution in [3.8, 4) is 0 Å². The van der Waals surface area contributed by atoms with Crippen LogP contribution in [-0.2, 0) is 13.3 Å². The van der Waals surface area contributed by atoms with Crippen molar-refractivity contribution in [2.75, 3.05) is 21.3 Å². The predicted molar refractivity (Wildman–Crippen MR) is 136 cm³/mol. The Morgan fingerprint density at radius 3 is 1.00 bits per heavy atom. The molecule has 0 atom stereocenters. The van der Waals surface area contributed by atoms with Crippen LogP contribution in [0.4, 0.5) is 30.7 Å². The van der Waals surface area contributed by atoms with Crippen LogP contribution in [0.5, 0.6) is 0 Å². The first kappa shape index (κ1) is 28.6. The van der Waals surface area contributed by atoms with Gasteiger partial charge in [0.2, 0.25) is 0 Å². The lowest BCUT2D eigenvalue weighted by atomic mass is 9.13. The summed E-state index contributed by atoms with van der Waals surface area (Å²) < 4.78 is 122. The summed E-state index contributed by atoms with van der Waals surface area (Å²) in [5.41, 5.74) is -1.07. The van der Waals surface area contributed by atoms with Gasteiger partial charge >= 0.3 is 8.80 Å². The molecule has 0 saturated heterocycles. The minimum atomic E-state index is -4.46. The van der Waals surface area contributed by atoms with Crippen LogP contribution in [0.15, 0.2) is 72.8 Å². The molecule has 3 nitrogen and oxygen atoms in total. The molecule has 4 aromatic rings. The monoisotopic (exact) mass is 565 g/mol. The molecular formula is C27H21BF7O3Si-. The summed E-state index contributed by atoms with van der Waals surface area (Å²) in [6.45, 7) is 0. The van der Waals surface area contributed by atoms with Gasteiger partial charge in [-0.3, -0.25) is 0 Å². The molecule has 0 unspecified atom stereocenters. The second kappa shape index (κ2) is 11.0. The molecule has 0 aromatic heterocycles. The molecule has 0 radical (unpaired) electrons. The minimum absolute atomic E-state index is 0.00713. The molecule has 0 bridgehead atoms. The SMILES string of the molecule is CO[Si](OC)(OC)c1c(F)c(F)c([B-](c2ccc(F)cc2)(c2ccc(F)cc2)c2ccc(F)cc2)c(F)c1F. The van der Waals surface area contributed by atoms with Gasteiger partial charge in [-0.25, -0.2) is 30.7 Å². The lowest BCUT2D eigenvalue weighted by Crippen LogP contribution is -2.77. The first-order chi connectivity index (χ1) is 18.6. The molecule has 4 aromatic carbocycles. The average molecular weight is 565 g/mol. The van der Waals surface area contributed by atoms with E-state index in [0.717, 1.165) is 57.7 Å². The summed E-state index contributed by atoms with van der Waals surface area (Å²) in [6.07, 6.45) is -3.26. The van der Waals surface area contributed by atoms with E-state index in [1.807, 2.05) is 0 Å². The van der Waals surface area contributed by atoms with Crippen LogP contribution in [0.25, 0.3) is 0 Å². The van der Waals surface area contributed by atoms with Crippen molar-refractivity contribution in [3.63, 3.8) is 0 Å². The Balaban J connectivity index is 2.26. The summed E-state index contributed by atoms with van der Waals surface area (Å²) in [5, 5.41) is -1.20. The van der Waals surface area contributed by atoms with E-state index in [9.17, 15) is 13.2 Å². The third kappa shape index (κ3) is 4.57. The van der Waals surface area contributed by atoms with E-state index in [-0.39, 0.29) is 16.4 Å². The van der Waals surface area contributed by atoms with Crippen molar-refractivity contribution < 1.29 is 44.0 Å². The zero-order chi connectivity index (χ0) is 28.5. The molecule has 0 heterocycles. The lowest BCUT2D eigenvalue weighted by molar-refractivity contribution is 0.138. The molecule has 0 saturated carbocycles. The molecule has 12 heteroatoms. The third-order valence-corrected chi connectivity index (χ3v) is 9.62. The largest absolute Gasteiger partial charge is 0.542 e. The standard InChI is InChI=1S/C27H21BF7O3Si/c1-36-39(37-2,38-3)27-25(34)23(32)22(24(33)26(27)35)28(16-4-10-19(29)11-5-16,17-6-12-20(30)13-7-17)18-8-14-21(31)15-9-18/h4-15H,1-3H3/q-1. The molecule has 39 heavy (non-hydrogen) atoms. The zero-order valence-corrected chi connectivity index (χ0v) is 21.9. The fourth-order valence-corrected chi connectivity index (χ4v) is 7.06. The predicted octanol–water partition coefficient (Wildman–Crippen LogP) is 3.12. The van der Waals surface area contributed by atoms with Crippen LogP contribution in [0.2, 0.25) is 0 Å². The molecule has 0 aliphatic carbocycles. The lowest BCUT2D eigenvalue weighted by Gasteiger charge is -2.44. The molecule has 0 aliphatic heterocycles. The second-order valence-corrected chi connectivity index (χ2v) is 11.6. The normalized spacial score (nSPS) is 12.2. The van der Waals surface area contributed by atoms with Crippen LogP contribution >= 0.6 is 0 Å². The van der Waals surface area contributed by atoms with Gasteiger partial charge in [-0.05, 0) is 36.4 Å². The Bertz CT molecular complexity index is 1330. The maximum absolute atomic E-state index is 16.3. The van der Waals surface area contributed by atoms with E-state index in [2.05, 4.69) is 0 Å². The van der Waals surface area contributed by atoms with Gasteiger partial charge in [-0.2, -0.15) is 16.4 Å². The quantitative estimate of drug-likeness (QED) is 0.187. The van der Waals surface area contributed by atoms with E-state index in [4.69, 9.17) is 13.3 Å². The van der Waals surface area contributed by atoms with Crippen LogP contribution in [0, 0.1) is 40.7 Å². The first-order valence-corrected chi connectivity index (χ1v) is 13.3. The van der Waals surface area contributed by atoms with Crippen LogP contribution in [0.3, 0.4) is 0 Å². The number of benzene rings is 4. The van der Waals surface area contributed by atoms with Crippen LogP contribution in [-0.4, -0.2) is 36.3 Å². The molecule has 204 valence electrons. The van der Waals surface area contributed by atoms with Crippen molar-refractivity contribution in [1.29, 1.82) is 0 Å². The Hall–Kier alpha value is -3.45. The Kier molecular flexibility index (Phi) is 8.03. The summed E-state index contributed by atoms with van der Waals surface area (Å²) in [5.74, 6) is -9.41. The average Bonchev–Trinajstić information content (AvgIpc) is 2.94. The molecular weight excluding hydrogens is 544 g/mol. The maximum Gasteiger partial charge on any atom is 0.542 e. The highest BCUT2D eigenvalue weighted by molar-refractivity contribution is 7.20. The van der Waals surface area contributed by atoms with E-state index in [1.54, 1.807) is 0 Å². The highest BCUT2D eigenvalue weighted by Crippen LogP contribution is 2.21. The molecule has 0 amide bonds. The number of rotatable bonds is 8. The van der Waals surface area contributed by atoms with Crippen molar-refractivity contribution in [2.45, 2.75) is 0 Å². The van der Waals surface area contributed by atoms with E-state index < -0.39 is 66.3 Å². The summed E-state index contributed by atoms with van der Waals surface area (Å²) in [7, 11) is -1.44. The minimum Gasteiger partial charge on any atom is -0.373 e. The summed E-state index contributed by atoms with van der Waals surface area (Å²) in [4.78, 5) is 0. The molecule has 0 fully saturated rings. The number of hydrogen-bond donors (Lipinski definition) is 0. The van der Waals surface area contributed by atoms with Gasteiger partial charge in [0.1, 0.15) is 35.2 Å². The summed E-state index contributed by atoms with van der Waals surface area (Å²) in [6, 6.07) is 13.1.